The summed E-state index contributed by atoms with van der Waals surface area (Å²) in [5.74, 6) is 0.175. The Balaban J connectivity index is 1.61. The van der Waals surface area contributed by atoms with Crippen LogP contribution in [0.1, 0.15) is 16.8 Å². The Labute approximate surface area is 160 Å². The van der Waals surface area contributed by atoms with E-state index in [1.807, 2.05) is 12.1 Å². The van der Waals surface area contributed by atoms with Crippen LogP contribution in [-0.4, -0.2) is 21.4 Å². The largest absolute Gasteiger partial charge is 0.399 e. The molecule has 0 atom stereocenters. The number of halogens is 2. The molecule has 0 saturated carbocycles. The van der Waals surface area contributed by atoms with Crippen molar-refractivity contribution < 1.29 is 4.39 Å². The number of benzene rings is 2. The number of nitrogen functional groups attached to an aromatic ring is 1. The Morgan fingerprint density at radius 2 is 2.00 bits per heavy atom. The van der Waals surface area contributed by atoms with Crippen LogP contribution in [0.25, 0.3) is 11.4 Å². The van der Waals surface area contributed by atoms with Crippen molar-refractivity contribution in [2.45, 2.75) is 19.5 Å². The maximum absolute atomic E-state index is 13.2. The van der Waals surface area contributed by atoms with Gasteiger partial charge in [0, 0.05) is 41.5 Å². The fraction of sp³-hybridized carbons (Fsp3) is 0.200. The molecular weight excluding hydrogens is 367 g/mol. The van der Waals surface area contributed by atoms with Crippen LogP contribution in [0.15, 0.2) is 47.3 Å². The van der Waals surface area contributed by atoms with E-state index in [0.717, 1.165) is 22.4 Å². The molecule has 0 saturated heterocycles. The molecule has 0 spiro atoms. The smallest absolute Gasteiger partial charge is 0.254 e. The lowest BCUT2D eigenvalue weighted by Gasteiger charge is -2.28. The van der Waals surface area contributed by atoms with E-state index in [-0.39, 0.29) is 11.4 Å². The number of hydrogen-bond donors (Lipinski definition) is 2. The Kier molecular flexibility index (Phi) is 4.68. The van der Waals surface area contributed by atoms with Gasteiger partial charge in [0.25, 0.3) is 5.56 Å². The van der Waals surface area contributed by atoms with Crippen LogP contribution < -0.4 is 11.3 Å². The van der Waals surface area contributed by atoms with Crippen molar-refractivity contribution in [3.8, 4) is 11.4 Å². The van der Waals surface area contributed by atoms with Crippen LogP contribution in [0.5, 0.6) is 0 Å². The van der Waals surface area contributed by atoms with Gasteiger partial charge in [-0.3, -0.25) is 9.69 Å². The topological polar surface area (TPSA) is 75.0 Å². The summed E-state index contributed by atoms with van der Waals surface area (Å²) in [5, 5.41) is 0.405. The van der Waals surface area contributed by atoms with Gasteiger partial charge in [-0.1, -0.05) is 17.7 Å². The number of nitrogens with zero attached hydrogens (tertiary/aromatic N) is 2. The molecule has 4 rings (SSSR count). The predicted molar refractivity (Wildman–Crippen MR) is 104 cm³/mol. The second kappa shape index (κ2) is 7.13. The molecule has 3 aromatic rings. The molecule has 3 N–H and O–H groups in total. The van der Waals surface area contributed by atoms with Crippen molar-refractivity contribution in [3.05, 3.63) is 80.5 Å². The number of anilines is 1. The van der Waals surface area contributed by atoms with Crippen LogP contribution in [0.3, 0.4) is 0 Å². The monoisotopic (exact) mass is 384 g/mol. The summed E-state index contributed by atoms with van der Waals surface area (Å²) in [6.07, 6.45) is 0.610. The van der Waals surface area contributed by atoms with E-state index in [4.69, 9.17) is 17.3 Å². The average Bonchev–Trinajstić information content (AvgIpc) is 2.64. The molecule has 5 nitrogen and oxygen atoms in total. The second-order valence-electron chi connectivity index (χ2n) is 6.66. The van der Waals surface area contributed by atoms with Crippen LogP contribution in [0, 0.1) is 5.82 Å². The van der Waals surface area contributed by atoms with E-state index in [1.54, 1.807) is 18.2 Å². The number of rotatable bonds is 3. The first-order valence-corrected chi connectivity index (χ1v) is 9.01. The number of hydrogen-bond acceptors (Lipinski definition) is 4. The minimum atomic E-state index is -0.353. The third kappa shape index (κ3) is 3.72. The SMILES string of the molecule is Nc1ccc(-c2nc3c(c(=O)[nH]2)CCN(Cc2ccc(F)cc2Cl)C3)cc1. The fourth-order valence-corrected chi connectivity index (χ4v) is 3.52. The fourth-order valence-electron chi connectivity index (χ4n) is 3.30. The van der Waals surface area contributed by atoms with Gasteiger partial charge in [-0.25, -0.2) is 9.37 Å². The zero-order chi connectivity index (χ0) is 19.0. The third-order valence-electron chi connectivity index (χ3n) is 4.75. The van der Waals surface area contributed by atoms with E-state index in [0.29, 0.717) is 42.6 Å². The number of fused-ring (bicyclic) bond motifs is 1. The molecule has 27 heavy (non-hydrogen) atoms. The van der Waals surface area contributed by atoms with E-state index in [9.17, 15) is 9.18 Å². The molecule has 2 heterocycles. The molecule has 1 aliphatic heterocycles. The van der Waals surface area contributed by atoms with Gasteiger partial charge < -0.3 is 10.7 Å². The van der Waals surface area contributed by atoms with E-state index in [2.05, 4.69) is 14.9 Å². The summed E-state index contributed by atoms with van der Waals surface area (Å²) in [5.41, 5.74) is 9.41. The van der Waals surface area contributed by atoms with Gasteiger partial charge in [0.15, 0.2) is 0 Å². The summed E-state index contributed by atoms with van der Waals surface area (Å²) in [7, 11) is 0. The average molecular weight is 385 g/mol. The van der Waals surface area contributed by atoms with E-state index in [1.165, 1.54) is 12.1 Å². The van der Waals surface area contributed by atoms with Crippen molar-refractivity contribution in [2.24, 2.45) is 0 Å². The summed E-state index contributed by atoms with van der Waals surface area (Å²) in [6, 6.07) is 11.6. The van der Waals surface area contributed by atoms with Gasteiger partial charge >= 0.3 is 0 Å². The first-order valence-electron chi connectivity index (χ1n) is 8.64. The summed E-state index contributed by atoms with van der Waals surface area (Å²) >= 11 is 6.14. The lowest BCUT2D eigenvalue weighted by molar-refractivity contribution is 0.240. The number of aromatic amines is 1. The first-order chi connectivity index (χ1) is 13.0. The number of aromatic nitrogens is 2. The molecular formula is C20H18ClFN4O. The maximum Gasteiger partial charge on any atom is 0.254 e. The zero-order valence-electron chi connectivity index (χ0n) is 14.5. The van der Waals surface area contributed by atoms with Gasteiger partial charge in [0.05, 0.1) is 5.69 Å². The lowest BCUT2D eigenvalue weighted by Crippen LogP contribution is -2.35. The van der Waals surface area contributed by atoms with Crippen molar-refractivity contribution >= 4 is 17.3 Å². The molecule has 0 unspecified atom stereocenters. The summed E-state index contributed by atoms with van der Waals surface area (Å²) in [6.45, 7) is 1.83. The summed E-state index contributed by atoms with van der Waals surface area (Å²) in [4.78, 5) is 22.2. The Morgan fingerprint density at radius 3 is 2.74 bits per heavy atom. The van der Waals surface area contributed by atoms with Crippen molar-refractivity contribution in [1.82, 2.24) is 14.9 Å². The van der Waals surface area contributed by atoms with E-state index >= 15 is 0 Å². The highest BCUT2D eigenvalue weighted by Crippen LogP contribution is 2.23. The van der Waals surface area contributed by atoms with Crippen LogP contribution in [0.4, 0.5) is 10.1 Å². The highest BCUT2D eigenvalue weighted by molar-refractivity contribution is 6.31. The van der Waals surface area contributed by atoms with Crippen LogP contribution in [0.2, 0.25) is 5.02 Å². The highest BCUT2D eigenvalue weighted by Gasteiger charge is 2.22. The number of nitrogens with two attached hydrogens (primary N) is 1. The van der Waals surface area contributed by atoms with Gasteiger partial charge in [-0.15, -0.1) is 0 Å². The molecule has 1 aromatic heterocycles. The lowest BCUT2D eigenvalue weighted by atomic mass is 10.0. The molecule has 0 amide bonds. The van der Waals surface area contributed by atoms with Gasteiger partial charge in [-0.2, -0.15) is 0 Å². The molecule has 1 aliphatic rings. The molecule has 138 valence electrons. The minimum Gasteiger partial charge on any atom is -0.399 e. The molecule has 0 fully saturated rings. The standard InChI is InChI=1S/C20H18ClFN4O/c21-17-9-14(22)4-1-13(17)10-26-8-7-16-18(11-26)24-19(25-20(16)27)12-2-5-15(23)6-3-12/h1-6,9H,7-8,10-11,23H2,(H,24,25,27). The van der Waals surface area contributed by atoms with Crippen LogP contribution >= 0.6 is 11.6 Å². The van der Waals surface area contributed by atoms with Gasteiger partial charge in [-0.05, 0) is 48.4 Å². The predicted octanol–water partition coefficient (Wildman–Crippen LogP) is 3.37. The Morgan fingerprint density at radius 1 is 1.22 bits per heavy atom. The molecule has 0 radical (unpaired) electrons. The van der Waals surface area contributed by atoms with Crippen molar-refractivity contribution in [2.75, 3.05) is 12.3 Å². The molecule has 2 aromatic carbocycles. The van der Waals surface area contributed by atoms with Crippen molar-refractivity contribution in [3.63, 3.8) is 0 Å². The molecule has 0 aliphatic carbocycles. The Bertz CT molecular complexity index is 1050. The second-order valence-corrected chi connectivity index (χ2v) is 7.07. The molecule has 7 heteroatoms. The summed E-state index contributed by atoms with van der Waals surface area (Å²) < 4.78 is 13.2. The number of H-pyrrole nitrogens is 1. The molecule has 0 bridgehead atoms. The number of nitrogens with one attached hydrogen (secondary N) is 1. The maximum atomic E-state index is 13.2. The first kappa shape index (κ1) is 17.7. The van der Waals surface area contributed by atoms with Gasteiger partial charge in [0.2, 0.25) is 0 Å². The van der Waals surface area contributed by atoms with Gasteiger partial charge in [0.1, 0.15) is 11.6 Å². The highest BCUT2D eigenvalue weighted by atomic mass is 35.5. The zero-order valence-corrected chi connectivity index (χ0v) is 15.3. The van der Waals surface area contributed by atoms with Crippen LogP contribution in [-0.2, 0) is 19.5 Å². The van der Waals surface area contributed by atoms with Crippen molar-refractivity contribution in [1.29, 1.82) is 0 Å². The normalized spacial score (nSPS) is 14.1. The Hall–Kier alpha value is -2.70. The quantitative estimate of drug-likeness (QED) is 0.679. The minimum absolute atomic E-state index is 0.105. The van der Waals surface area contributed by atoms with E-state index < -0.39 is 0 Å². The third-order valence-corrected chi connectivity index (χ3v) is 5.10.